The molecule has 0 heterocycles. The van der Waals surface area contributed by atoms with Gasteiger partial charge in [-0.25, -0.2) is 0 Å². The summed E-state index contributed by atoms with van der Waals surface area (Å²) in [7, 11) is 0. The first-order valence-corrected chi connectivity index (χ1v) is 8.29. The maximum atomic E-state index is 12.0. The molecule has 22 heavy (non-hydrogen) atoms. The molecule has 0 aliphatic heterocycles. The molecule has 0 saturated heterocycles. The average molecular weight is 306 g/mol. The van der Waals surface area contributed by atoms with E-state index in [1.807, 2.05) is 38.1 Å². The van der Waals surface area contributed by atoms with Gasteiger partial charge in [0, 0.05) is 6.54 Å². The van der Waals surface area contributed by atoms with Crippen molar-refractivity contribution in [3.63, 3.8) is 0 Å². The van der Waals surface area contributed by atoms with Gasteiger partial charge in [0.2, 0.25) is 5.91 Å². The predicted octanol–water partition coefficient (Wildman–Crippen LogP) is 3.21. The lowest BCUT2D eigenvalue weighted by molar-refractivity contribution is -0.122. The van der Waals surface area contributed by atoms with Crippen LogP contribution in [0.3, 0.4) is 0 Å². The minimum atomic E-state index is 0.0874. The van der Waals surface area contributed by atoms with Crippen molar-refractivity contribution in [3.8, 4) is 5.75 Å². The van der Waals surface area contributed by atoms with Crippen molar-refractivity contribution >= 4 is 5.91 Å². The van der Waals surface area contributed by atoms with Crippen LogP contribution >= 0.6 is 0 Å². The van der Waals surface area contributed by atoms with E-state index in [1.165, 1.54) is 0 Å². The summed E-state index contributed by atoms with van der Waals surface area (Å²) < 4.78 is 5.61. The molecule has 0 aromatic heterocycles. The molecule has 0 radical (unpaired) electrons. The molecule has 0 fully saturated rings. The Morgan fingerprint density at radius 3 is 2.23 bits per heavy atom. The Bertz CT molecular complexity index is 423. The van der Waals surface area contributed by atoms with Gasteiger partial charge >= 0.3 is 0 Å². The summed E-state index contributed by atoms with van der Waals surface area (Å²) in [4.78, 5) is 14.2. The first-order valence-electron chi connectivity index (χ1n) is 8.29. The Kier molecular flexibility index (Phi) is 8.60. The van der Waals surface area contributed by atoms with Crippen LogP contribution in [0.25, 0.3) is 0 Å². The van der Waals surface area contributed by atoms with Crippen molar-refractivity contribution in [2.45, 2.75) is 53.2 Å². The highest BCUT2D eigenvalue weighted by Crippen LogP contribution is 2.13. The fourth-order valence-corrected chi connectivity index (χ4v) is 2.32. The van der Waals surface area contributed by atoms with E-state index in [0.717, 1.165) is 37.2 Å². The van der Waals surface area contributed by atoms with Crippen LogP contribution in [0.2, 0.25) is 0 Å². The highest BCUT2D eigenvalue weighted by Gasteiger charge is 2.08. The van der Waals surface area contributed by atoms with Crippen LogP contribution in [0.1, 0.15) is 46.1 Å². The second kappa shape index (κ2) is 10.2. The molecule has 1 amide bonds. The molecule has 0 atom stereocenters. The van der Waals surface area contributed by atoms with E-state index < -0.39 is 0 Å². The van der Waals surface area contributed by atoms with Crippen LogP contribution in [-0.4, -0.2) is 36.5 Å². The molecule has 124 valence electrons. The number of nitrogens with zero attached hydrogens (tertiary/aromatic N) is 1. The number of carbonyl (C=O) groups excluding carboxylic acids is 1. The molecule has 0 bridgehead atoms. The third-order valence-electron chi connectivity index (χ3n) is 3.23. The van der Waals surface area contributed by atoms with Gasteiger partial charge < -0.3 is 10.1 Å². The maximum absolute atomic E-state index is 12.0. The minimum Gasteiger partial charge on any atom is -0.491 e. The van der Waals surface area contributed by atoms with Crippen molar-refractivity contribution in [2.24, 2.45) is 0 Å². The highest BCUT2D eigenvalue weighted by atomic mass is 16.5. The zero-order valence-corrected chi connectivity index (χ0v) is 14.4. The largest absolute Gasteiger partial charge is 0.491 e. The van der Waals surface area contributed by atoms with Gasteiger partial charge in [-0.15, -0.1) is 0 Å². The van der Waals surface area contributed by atoms with E-state index in [2.05, 4.69) is 24.1 Å². The van der Waals surface area contributed by atoms with Gasteiger partial charge in [-0.05, 0) is 57.5 Å². The highest BCUT2D eigenvalue weighted by molar-refractivity contribution is 5.78. The van der Waals surface area contributed by atoms with Crippen LogP contribution in [0, 0.1) is 0 Å². The van der Waals surface area contributed by atoms with Gasteiger partial charge in [-0.2, -0.15) is 0 Å². The van der Waals surface area contributed by atoms with Crippen LogP contribution in [0.4, 0.5) is 0 Å². The summed E-state index contributed by atoms with van der Waals surface area (Å²) in [5.41, 5.74) is 1.09. The van der Waals surface area contributed by atoms with Crippen LogP contribution in [0.15, 0.2) is 24.3 Å². The average Bonchev–Trinajstić information content (AvgIpc) is 2.46. The molecule has 0 spiro atoms. The topological polar surface area (TPSA) is 41.6 Å². The number of hydrogen-bond acceptors (Lipinski definition) is 3. The number of benzene rings is 1. The molecular weight excluding hydrogens is 276 g/mol. The second-order valence-corrected chi connectivity index (χ2v) is 5.86. The Labute approximate surface area is 134 Å². The number of rotatable bonds is 10. The lowest BCUT2D eigenvalue weighted by Gasteiger charge is -2.20. The Balaban J connectivity index is 2.39. The lowest BCUT2D eigenvalue weighted by Crippen LogP contribution is -2.37. The molecule has 0 aliphatic rings. The van der Waals surface area contributed by atoms with E-state index in [9.17, 15) is 4.79 Å². The molecule has 4 heteroatoms. The van der Waals surface area contributed by atoms with E-state index in [4.69, 9.17) is 4.74 Å². The normalized spacial score (nSPS) is 11.0. The Morgan fingerprint density at radius 1 is 1.14 bits per heavy atom. The number of ether oxygens (including phenoxy) is 1. The fraction of sp³-hybridized carbons (Fsp3) is 0.611. The van der Waals surface area contributed by atoms with Crippen molar-refractivity contribution in [3.05, 3.63) is 29.8 Å². The van der Waals surface area contributed by atoms with Gasteiger partial charge in [-0.1, -0.05) is 26.0 Å². The van der Waals surface area contributed by atoms with Crippen LogP contribution in [-0.2, 0) is 11.3 Å². The summed E-state index contributed by atoms with van der Waals surface area (Å²) in [6, 6.07) is 7.88. The van der Waals surface area contributed by atoms with Gasteiger partial charge in [0.15, 0.2) is 0 Å². The third kappa shape index (κ3) is 7.46. The van der Waals surface area contributed by atoms with Crippen LogP contribution in [0.5, 0.6) is 5.75 Å². The summed E-state index contributed by atoms with van der Waals surface area (Å²) in [5.74, 6) is 0.951. The predicted molar refractivity (Wildman–Crippen MR) is 91.1 cm³/mol. The molecule has 1 aromatic carbocycles. The SMILES string of the molecule is CCCN(CCC)CC(=O)NCc1ccc(OC(C)C)cc1. The standard InChI is InChI=1S/C18H30N2O2/c1-5-11-20(12-6-2)14-18(21)19-13-16-7-9-17(10-8-16)22-15(3)4/h7-10,15H,5-6,11-14H2,1-4H3,(H,19,21). The smallest absolute Gasteiger partial charge is 0.234 e. The van der Waals surface area contributed by atoms with E-state index >= 15 is 0 Å². The van der Waals surface area contributed by atoms with Gasteiger partial charge in [-0.3, -0.25) is 9.69 Å². The monoisotopic (exact) mass is 306 g/mol. The van der Waals surface area contributed by atoms with Crippen LogP contribution < -0.4 is 10.1 Å². The van der Waals surface area contributed by atoms with Crippen molar-refractivity contribution in [2.75, 3.05) is 19.6 Å². The molecule has 1 N–H and O–H groups in total. The van der Waals surface area contributed by atoms with E-state index in [0.29, 0.717) is 13.1 Å². The quantitative estimate of drug-likeness (QED) is 0.721. The minimum absolute atomic E-state index is 0.0874. The van der Waals surface area contributed by atoms with Gasteiger partial charge in [0.25, 0.3) is 0 Å². The molecule has 1 aromatic rings. The third-order valence-corrected chi connectivity index (χ3v) is 3.23. The molecule has 4 nitrogen and oxygen atoms in total. The number of amides is 1. The molecule has 0 unspecified atom stereocenters. The molecular formula is C18H30N2O2. The summed E-state index contributed by atoms with van der Waals surface area (Å²) in [6.07, 6.45) is 2.32. The van der Waals surface area contributed by atoms with E-state index in [-0.39, 0.29) is 12.0 Å². The number of nitrogens with one attached hydrogen (secondary N) is 1. The second-order valence-electron chi connectivity index (χ2n) is 5.86. The zero-order chi connectivity index (χ0) is 16.4. The van der Waals surface area contributed by atoms with Crippen molar-refractivity contribution < 1.29 is 9.53 Å². The lowest BCUT2D eigenvalue weighted by atomic mass is 10.2. The van der Waals surface area contributed by atoms with Crippen molar-refractivity contribution in [1.29, 1.82) is 0 Å². The fourth-order valence-electron chi connectivity index (χ4n) is 2.32. The number of carbonyl (C=O) groups is 1. The zero-order valence-electron chi connectivity index (χ0n) is 14.4. The summed E-state index contributed by atoms with van der Waals surface area (Å²) >= 11 is 0. The Hall–Kier alpha value is -1.55. The summed E-state index contributed by atoms with van der Waals surface area (Å²) in [6.45, 7) is 11.3. The number of hydrogen-bond donors (Lipinski definition) is 1. The first-order chi connectivity index (χ1) is 10.5. The Morgan fingerprint density at radius 2 is 1.73 bits per heavy atom. The molecule has 0 aliphatic carbocycles. The summed E-state index contributed by atoms with van der Waals surface area (Å²) in [5, 5.41) is 2.99. The van der Waals surface area contributed by atoms with Crippen molar-refractivity contribution in [1.82, 2.24) is 10.2 Å². The van der Waals surface area contributed by atoms with E-state index in [1.54, 1.807) is 0 Å². The maximum Gasteiger partial charge on any atom is 0.234 e. The van der Waals surface area contributed by atoms with Gasteiger partial charge in [0.05, 0.1) is 12.6 Å². The molecule has 1 rings (SSSR count). The van der Waals surface area contributed by atoms with Gasteiger partial charge in [0.1, 0.15) is 5.75 Å². The molecule has 0 saturated carbocycles. The first kappa shape index (κ1) is 18.5.